The van der Waals surface area contributed by atoms with Crippen LogP contribution in [0.4, 0.5) is 10.7 Å². The van der Waals surface area contributed by atoms with Crippen molar-refractivity contribution in [2.75, 3.05) is 39.9 Å². The van der Waals surface area contributed by atoms with Crippen molar-refractivity contribution in [3.63, 3.8) is 0 Å². The average molecular weight is 815 g/mol. The molecule has 6 rings (SSSR count). The fourth-order valence-corrected chi connectivity index (χ4v) is 8.75. The number of carbonyl (C=O) groups excluding carboxylic acids is 1. The number of aromatic nitrogens is 4. The van der Waals surface area contributed by atoms with E-state index in [4.69, 9.17) is 32.7 Å². The van der Waals surface area contributed by atoms with Crippen molar-refractivity contribution in [2.45, 2.75) is 70.2 Å². The van der Waals surface area contributed by atoms with E-state index in [1.807, 2.05) is 78.9 Å². The van der Waals surface area contributed by atoms with Crippen LogP contribution in [-0.2, 0) is 28.9 Å². The molecule has 58 heavy (non-hydrogen) atoms. The molecule has 15 nitrogen and oxygen atoms in total. The number of hydrogen-bond donors (Lipinski definition) is 2. The highest BCUT2D eigenvalue weighted by molar-refractivity contribution is 7.44. The predicted molar refractivity (Wildman–Crippen MR) is 221 cm³/mol. The van der Waals surface area contributed by atoms with E-state index in [1.54, 1.807) is 25.9 Å². The normalized spacial score (nSPS) is 17.5. The molecule has 1 fully saturated rings. The lowest BCUT2D eigenvalue weighted by Gasteiger charge is -2.38. The molecule has 1 aliphatic rings. The van der Waals surface area contributed by atoms with Crippen LogP contribution in [0.15, 0.2) is 103 Å². The largest absolute Gasteiger partial charge is 0.497 e. The molecule has 16 heteroatoms. The molecule has 0 spiro atoms. The highest BCUT2D eigenvalue weighted by Crippen LogP contribution is 2.50. The molecule has 1 aliphatic heterocycles. The van der Waals surface area contributed by atoms with Gasteiger partial charge in [0, 0.05) is 25.6 Å². The molecular formula is C42H51N6O9P. The minimum atomic E-state index is -1.55. The number of rotatable bonds is 18. The number of fused-ring (bicyclic) bond motifs is 1. The molecule has 3 aromatic carbocycles. The molecule has 0 radical (unpaired) electrons. The van der Waals surface area contributed by atoms with Crippen molar-refractivity contribution in [2.24, 2.45) is 0 Å². The number of anilines is 1. The second-order valence-corrected chi connectivity index (χ2v) is 15.6. The van der Waals surface area contributed by atoms with Crippen LogP contribution >= 0.6 is 8.53 Å². The van der Waals surface area contributed by atoms with Gasteiger partial charge < -0.3 is 32.7 Å². The maximum absolute atomic E-state index is 13.1. The van der Waals surface area contributed by atoms with Gasteiger partial charge >= 0.3 is 6.09 Å². The van der Waals surface area contributed by atoms with Crippen LogP contribution in [0.3, 0.4) is 0 Å². The summed E-state index contributed by atoms with van der Waals surface area (Å²) in [5.41, 5.74) is 1.19. The molecule has 3 heterocycles. The summed E-state index contributed by atoms with van der Waals surface area (Å²) in [5.74, 6) is 1.30. The lowest BCUT2D eigenvalue weighted by atomic mass is 9.80. The van der Waals surface area contributed by atoms with E-state index in [-0.39, 0.29) is 42.4 Å². The molecule has 0 saturated carbocycles. The first-order valence-corrected chi connectivity index (χ1v) is 20.1. The van der Waals surface area contributed by atoms with Crippen molar-refractivity contribution < 1.29 is 37.5 Å². The van der Waals surface area contributed by atoms with Gasteiger partial charge in [-0.2, -0.15) is 4.98 Å². The Bertz CT molecular complexity index is 2120. The molecule has 1 unspecified atom stereocenters. The van der Waals surface area contributed by atoms with Gasteiger partial charge in [-0.15, -0.1) is 0 Å². The number of carbonyl (C=O) groups is 1. The van der Waals surface area contributed by atoms with Crippen LogP contribution < -0.4 is 20.3 Å². The number of imidazole rings is 1. The summed E-state index contributed by atoms with van der Waals surface area (Å²) in [7, 11) is 3.36. The number of amides is 1. The van der Waals surface area contributed by atoms with Gasteiger partial charge in [0.25, 0.3) is 14.1 Å². The molecule has 308 valence electrons. The Morgan fingerprint density at radius 2 is 1.59 bits per heavy atom. The maximum Gasteiger partial charge on any atom is 0.414 e. The standard InChI is InChI=1S/C42H51N6O9P/c1-9-23-54-41(50)46-40-44-38-37(39(49)45-40)43-26-47(38)36-24-34(57-58(53-8)48(27(2)3)28(4)5)35(56-36)25-55-42(29-13-11-10-12-14-29,30-15-19-32(51-6)20-16-30)31-17-21-33(52-7)22-18-31/h9-22,26-28,34-36H,1,23-25H2,2-8H3,(H2,44,45,46,49,50)/t34-,35+,36+,58?/m0/s1. The molecule has 2 N–H and O–H groups in total. The third-order valence-electron chi connectivity index (χ3n) is 9.74. The summed E-state index contributed by atoms with van der Waals surface area (Å²) in [5, 5.41) is 2.46. The summed E-state index contributed by atoms with van der Waals surface area (Å²) in [6.07, 6.45) is 0.534. The van der Waals surface area contributed by atoms with Crippen molar-refractivity contribution >= 4 is 31.7 Å². The lowest BCUT2D eigenvalue weighted by molar-refractivity contribution is -0.0910. The summed E-state index contributed by atoms with van der Waals surface area (Å²) in [4.78, 5) is 36.9. The van der Waals surface area contributed by atoms with Gasteiger partial charge in [0.15, 0.2) is 11.2 Å². The number of H-pyrrole nitrogens is 1. The first-order chi connectivity index (χ1) is 28.0. The fourth-order valence-electron chi connectivity index (χ4n) is 7.16. The zero-order valence-electron chi connectivity index (χ0n) is 33.8. The van der Waals surface area contributed by atoms with E-state index < -0.39 is 44.2 Å². The fraction of sp³-hybridized carbons (Fsp3) is 0.381. The van der Waals surface area contributed by atoms with Crippen molar-refractivity contribution in [3.8, 4) is 11.5 Å². The molecule has 1 saturated heterocycles. The highest BCUT2D eigenvalue weighted by atomic mass is 31.2. The molecule has 1 amide bonds. The summed E-state index contributed by atoms with van der Waals surface area (Å²) in [6, 6.07) is 25.9. The van der Waals surface area contributed by atoms with Crippen LogP contribution in [-0.4, -0.2) is 89.1 Å². The van der Waals surface area contributed by atoms with E-state index in [9.17, 15) is 9.59 Å². The summed E-state index contributed by atoms with van der Waals surface area (Å²) < 4.78 is 47.1. The van der Waals surface area contributed by atoms with Gasteiger partial charge in [0.1, 0.15) is 36.0 Å². The lowest BCUT2D eigenvalue weighted by Crippen LogP contribution is -2.39. The third-order valence-corrected chi connectivity index (χ3v) is 11.8. The SMILES string of the molecule is C=CCOC(=O)Nc1nc2c(ncn2[C@H]2C[C@H](OP(OC)N(C(C)C)C(C)C)[C@@H](COC(c3ccccc3)(c3ccc(OC)cc3)c3ccc(OC)cc3)O2)c(=O)[nH]1. The van der Waals surface area contributed by atoms with Crippen LogP contribution in [0, 0.1) is 0 Å². The Kier molecular flexibility index (Phi) is 14.0. The zero-order chi connectivity index (χ0) is 41.4. The summed E-state index contributed by atoms with van der Waals surface area (Å²) >= 11 is 0. The smallest absolute Gasteiger partial charge is 0.414 e. The Labute approximate surface area is 339 Å². The van der Waals surface area contributed by atoms with Gasteiger partial charge in [-0.05, 0) is 68.7 Å². The molecular weight excluding hydrogens is 763 g/mol. The van der Waals surface area contributed by atoms with Crippen molar-refractivity contribution in [1.29, 1.82) is 0 Å². The number of nitrogens with one attached hydrogen (secondary N) is 2. The monoisotopic (exact) mass is 814 g/mol. The van der Waals surface area contributed by atoms with Crippen LogP contribution in [0.2, 0.25) is 0 Å². The van der Waals surface area contributed by atoms with E-state index in [2.05, 4.69) is 59.2 Å². The van der Waals surface area contributed by atoms with Gasteiger partial charge in [0.05, 0.1) is 33.3 Å². The predicted octanol–water partition coefficient (Wildman–Crippen LogP) is 7.54. The van der Waals surface area contributed by atoms with Gasteiger partial charge in [0.2, 0.25) is 5.95 Å². The Morgan fingerprint density at radius 1 is 0.983 bits per heavy atom. The third kappa shape index (κ3) is 9.10. The van der Waals surface area contributed by atoms with E-state index >= 15 is 0 Å². The maximum atomic E-state index is 13.1. The Balaban J connectivity index is 1.42. The zero-order valence-corrected chi connectivity index (χ0v) is 34.7. The number of methoxy groups -OCH3 is 2. The highest BCUT2D eigenvalue weighted by Gasteiger charge is 2.45. The number of aromatic amines is 1. The number of ether oxygens (including phenoxy) is 5. The van der Waals surface area contributed by atoms with Crippen molar-refractivity contribution in [1.82, 2.24) is 24.2 Å². The van der Waals surface area contributed by atoms with E-state index in [0.29, 0.717) is 17.9 Å². The molecule has 4 atom stereocenters. The number of benzene rings is 3. The topological polar surface area (TPSA) is 161 Å². The average Bonchev–Trinajstić information content (AvgIpc) is 3.84. The number of hydrogen-bond acceptors (Lipinski definition) is 12. The minimum absolute atomic E-state index is 0.0193. The molecule has 5 aromatic rings. The molecule has 2 aromatic heterocycles. The minimum Gasteiger partial charge on any atom is -0.497 e. The van der Waals surface area contributed by atoms with Gasteiger partial charge in [-0.25, -0.2) is 14.4 Å². The van der Waals surface area contributed by atoms with Gasteiger partial charge in [-0.1, -0.05) is 67.3 Å². The number of nitrogens with zero attached hydrogens (tertiary/aromatic N) is 4. The van der Waals surface area contributed by atoms with E-state index in [0.717, 1.165) is 16.7 Å². The Morgan fingerprint density at radius 3 is 2.14 bits per heavy atom. The molecule has 0 aliphatic carbocycles. The van der Waals surface area contributed by atoms with Gasteiger partial charge in [-0.3, -0.25) is 19.7 Å². The first kappa shape index (κ1) is 42.5. The second-order valence-electron chi connectivity index (χ2n) is 14.1. The van der Waals surface area contributed by atoms with Crippen LogP contribution in [0.25, 0.3) is 11.2 Å². The van der Waals surface area contributed by atoms with Crippen molar-refractivity contribution in [3.05, 3.63) is 125 Å². The van der Waals surface area contributed by atoms with Crippen LogP contribution in [0.1, 0.15) is 57.0 Å². The Hall–Kier alpha value is -5.15. The van der Waals surface area contributed by atoms with Crippen LogP contribution in [0.5, 0.6) is 11.5 Å². The second kappa shape index (κ2) is 19.1. The van der Waals surface area contributed by atoms with E-state index in [1.165, 1.54) is 12.4 Å². The summed E-state index contributed by atoms with van der Waals surface area (Å²) in [6.45, 7) is 12.0. The quantitative estimate of drug-likeness (QED) is 0.0509. The molecule has 0 bridgehead atoms. The first-order valence-electron chi connectivity index (χ1n) is 19.0.